The Hall–Kier alpha value is -2.14. The molecule has 3 aliphatic rings. The lowest BCUT2D eigenvalue weighted by molar-refractivity contribution is -0.139. The van der Waals surface area contributed by atoms with Crippen molar-refractivity contribution in [2.24, 2.45) is 17.6 Å². The van der Waals surface area contributed by atoms with Gasteiger partial charge in [0.2, 0.25) is 5.91 Å². The van der Waals surface area contributed by atoms with Crippen LogP contribution in [0.4, 0.5) is 0 Å². The maximum absolute atomic E-state index is 13.6. The van der Waals surface area contributed by atoms with Gasteiger partial charge in [0.15, 0.2) is 0 Å². The third-order valence-corrected chi connectivity index (χ3v) is 8.56. The summed E-state index contributed by atoms with van der Waals surface area (Å²) < 4.78 is 2.33. The van der Waals surface area contributed by atoms with Crippen LogP contribution < -0.4 is 5.73 Å². The van der Waals surface area contributed by atoms with Crippen LogP contribution in [0, 0.1) is 11.8 Å². The minimum atomic E-state index is -0.428. The van der Waals surface area contributed by atoms with Crippen LogP contribution in [0.5, 0.6) is 0 Å². The Morgan fingerprint density at radius 1 is 1.09 bits per heavy atom. The first-order valence-corrected chi connectivity index (χ1v) is 13.3. The van der Waals surface area contributed by atoms with Gasteiger partial charge in [0.1, 0.15) is 5.82 Å². The topological polar surface area (TPSA) is 64.2 Å². The highest BCUT2D eigenvalue weighted by molar-refractivity contribution is 5.82. The quantitative estimate of drug-likeness (QED) is 0.678. The first-order chi connectivity index (χ1) is 16.1. The average Bonchev–Trinajstić information content (AvgIpc) is 3.31. The van der Waals surface area contributed by atoms with Crippen molar-refractivity contribution in [3.05, 3.63) is 41.3 Å². The van der Waals surface area contributed by atoms with Crippen LogP contribution in [0.25, 0.3) is 11.3 Å². The Morgan fingerprint density at radius 3 is 2.61 bits per heavy atom. The monoisotopic (exact) mass is 448 g/mol. The smallest absolute Gasteiger partial charge is 0.240 e. The second-order valence-electron chi connectivity index (χ2n) is 10.7. The number of hydrogen-bond acceptors (Lipinski definition) is 3. The number of aromatic nitrogens is 2. The molecule has 178 valence electrons. The first-order valence-electron chi connectivity index (χ1n) is 13.3. The van der Waals surface area contributed by atoms with Crippen LogP contribution >= 0.6 is 0 Å². The highest BCUT2D eigenvalue weighted by Crippen LogP contribution is 2.41. The van der Waals surface area contributed by atoms with Gasteiger partial charge < -0.3 is 15.2 Å². The molecule has 0 spiro atoms. The number of aryl methyl sites for hydroxylation is 2. The number of hydrogen-bond donors (Lipinski definition) is 1. The fraction of sp³-hybridized carbons (Fsp3) is 0.643. The van der Waals surface area contributed by atoms with E-state index in [4.69, 9.17) is 10.7 Å². The molecule has 1 saturated carbocycles. The number of carbonyl (C=O) groups is 1. The fourth-order valence-corrected chi connectivity index (χ4v) is 6.22. The second kappa shape index (κ2) is 9.61. The van der Waals surface area contributed by atoms with E-state index < -0.39 is 6.04 Å². The molecule has 0 saturated heterocycles. The lowest BCUT2D eigenvalue weighted by Gasteiger charge is -2.43. The van der Waals surface area contributed by atoms with Crippen LogP contribution in [-0.2, 0) is 24.2 Å². The summed E-state index contributed by atoms with van der Waals surface area (Å²) in [4.78, 5) is 20.9. The molecule has 5 heteroatoms. The van der Waals surface area contributed by atoms with Gasteiger partial charge >= 0.3 is 0 Å². The molecule has 2 aromatic rings. The number of imidazole rings is 1. The van der Waals surface area contributed by atoms with Crippen LogP contribution in [0.2, 0.25) is 0 Å². The molecule has 3 atom stereocenters. The summed E-state index contributed by atoms with van der Waals surface area (Å²) in [5.41, 5.74) is 11.7. The molecule has 2 N–H and O–H groups in total. The van der Waals surface area contributed by atoms with Gasteiger partial charge in [-0.25, -0.2) is 4.98 Å². The predicted molar refractivity (Wildman–Crippen MR) is 133 cm³/mol. The molecule has 1 aromatic carbocycles. The molecule has 5 rings (SSSR count). The number of nitrogens with zero attached hydrogens (tertiary/aromatic N) is 3. The van der Waals surface area contributed by atoms with E-state index in [1.165, 1.54) is 74.5 Å². The van der Waals surface area contributed by atoms with Gasteiger partial charge in [-0.1, -0.05) is 51.7 Å². The molecule has 1 amide bonds. The van der Waals surface area contributed by atoms with E-state index in [0.717, 1.165) is 31.0 Å². The second-order valence-corrected chi connectivity index (χ2v) is 10.7. The van der Waals surface area contributed by atoms with Gasteiger partial charge in [0.25, 0.3) is 0 Å². The molecule has 1 fully saturated rings. The molecule has 2 aliphatic carbocycles. The third-order valence-electron chi connectivity index (χ3n) is 8.56. The SMILES string of the molecule is CC[C@H](C)[C@H](N)C(=O)N1CCn2cc(-c3ccc4c(c3)CCCC4)nc2[C@@H]1C1CCCCC1. The predicted octanol–water partition coefficient (Wildman–Crippen LogP) is 5.27. The van der Waals surface area contributed by atoms with Gasteiger partial charge in [0, 0.05) is 24.8 Å². The van der Waals surface area contributed by atoms with Crippen LogP contribution in [-0.4, -0.2) is 32.9 Å². The Balaban J connectivity index is 1.49. The number of benzene rings is 1. The zero-order chi connectivity index (χ0) is 22.9. The molecule has 1 aliphatic heterocycles. The Kier molecular flexibility index (Phi) is 6.60. The molecule has 5 nitrogen and oxygen atoms in total. The summed E-state index contributed by atoms with van der Waals surface area (Å²) >= 11 is 0. The lowest BCUT2D eigenvalue weighted by Crippen LogP contribution is -2.53. The summed E-state index contributed by atoms with van der Waals surface area (Å²) in [6.07, 6.45) is 14.3. The summed E-state index contributed by atoms with van der Waals surface area (Å²) in [5.74, 6) is 1.86. The van der Waals surface area contributed by atoms with Gasteiger partial charge in [-0.3, -0.25) is 4.79 Å². The summed E-state index contributed by atoms with van der Waals surface area (Å²) in [6.45, 7) is 5.74. The zero-order valence-corrected chi connectivity index (χ0v) is 20.4. The highest BCUT2D eigenvalue weighted by atomic mass is 16.2. The van der Waals surface area contributed by atoms with Gasteiger partial charge in [0.05, 0.1) is 17.8 Å². The van der Waals surface area contributed by atoms with Gasteiger partial charge in [-0.15, -0.1) is 0 Å². The number of rotatable bonds is 5. The number of fused-ring (bicyclic) bond motifs is 2. The van der Waals surface area contributed by atoms with E-state index in [1.807, 2.05) is 0 Å². The van der Waals surface area contributed by atoms with E-state index in [1.54, 1.807) is 0 Å². The van der Waals surface area contributed by atoms with Crippen molar-refractivity contribution in [3.8, 4) is 11.3 Å². The molecule has 0 unspecified atom stereocenters. The summed E-state index contributed by atoms with van der Waals surface area (Å²) in [6, 6.07) is 6.54. The summed E-state index contributed by atoms with van der Waals surface area (Å²) in [7, 11) is 0. The zero-order valence-electron chi connectivity index (χ0n) is 20.4. The lowest BCUT2D eigenvalue weighted by atomic mass is 9.81. The van der Waals surface area contributed by atoms with E-state index in [9.17, 15) is 4.79 Å². The van der Waals surface area contributed by atoms with E-state index in [2.05, 4.69) is 47.7 Å². The van der Waals surface area contributed by atoms with Crippen molar-refractivity contribution in [2.75, 3.05) is 6.54 Å². The Morgan fingerprint density at radius 2 is 1.85 bits per heavy atom. The molecule has 1 aromatic heterocycles. The number of amides is 1. The third kappa shape index (κ3) is 4.37. The highest BCUT2D eigenvalue weighted by Gasteiger charge is 2.40. The van der Waals surface area contributed by atoms with E-state index in [-0.39, 0.29) is 17.9 Å². The maximum atomic E-state index is 13.6. The minimum Gasteiger partial charge on any atom is -0.331 e. The van der Waals surface area contributed by atoms with Crippen molar-refractivity contribution in [2.45, 2.75) is 96.7 Å². The van der Waals surface area contributed by atoms with Crippen molar-refractivity contribution in [3.63, 3.8) is 0 Å². The van der Waals surface area contributed by atoms with Gasteiger partial charge in [-0.2, -0.15) is 0 Å². The molecule has 0 radical (unpaired) electrons. The normalized spacial score (nSPS) is 23.0. The maximum Gasteiger partial charge on any atom is 0.240 e. The molecule has 0 bridgehead atoms. The minimum absolute atomic E-state index is 0.0491. The van der Waals surface area contributed by atoms with E-state index >= 15 is 0 Å². The molecule has 33 heavy (non-hydrogen) atoms. The van der Waals surface area contributed by atoms with E-state index in [0.29, 0.717) is 5.92 Å². The number of nitrogens with two attached hydrogens (primary N) is 1. The largest absolute Gasteiger partial charge is 0.331 e. The Labute approximate surface area is 198 Å². The van der Waals surface area contributed by atoms with Crippen molar-refractivity contribution in [1.29, 1.82) is 0 Å². The average molecular weight is 449 g/mol. The van der Waals surface area contributed by atoms with Crippen LogP contribution in [0.1, 0.15) is 88.2 Å². The fourth-order valence-electron chi connectivity index (χ4n) is 6.22. The first kappa shape index (κ1) is 22.6. The van der Waals surface area contributed by atoms with Crippen LogP contribution in [0.15, 0.2) is 24.4 Å². The summed E-state index contributed by atoms with van der Waals surface area (Å²) in [5, 5.41) is 0. The standard InChI is InChI=1S/C28H40N4O/c1-3-19(2)25(29)28(33)32-16-15-31-18-24(23-14-13-20-9-7-8-12-22(20)17-23)30-27(31)26(32)21-10-5-4-6-11-21/h13-14,17-19,21,25-26H,3-12,15-16,29H2,1-2H3/t19-,25-,26-/m0/s1. The van der Waals surface area contributed by atoms with Gasteiger partial charge in [-0.05, 0) is 67.6 Å². The van der Waals surface area contributed by atoms with Crippen molar-refractivity contribution >= 4 is 5.91 Å². The van der Waals surface area contributed by atoms with Crippen LogP contribution in [0.3, 0.4) is 0 Å². The molecular weight excluding hydrogens is 408 g/mol. The van der Waals surface area contributed by atoms with Crippen molar-refractivity contribution in [1.82, 2.24) is 14.5 Å². The Bertz CT molecular complexity index is 990. The number of carbonyl (C=O) groups excluding carboxylic acids is 1. The molecular formula is C28H40N4O. The van der Waals surface area contributed by atoms with Crippen molar-refractivity contribution < 1.29 is 4.79 Å². The molecule has 2 heterocycles.